The molecule has 3 nitrogen and oxygen atoms in total. The molecule has 0 radical (unpaired) electrons. The summed E-state index contributed by atoms with van der Waals surface area (Å²) in [5.41, 5.74) is 1.18. The molecule has 1 aromatic carbocycles. The van der Waals surface area contributed by atoms with Crippen LogP contribution in [0.5, 0.6) is 5.75 Å². The molecule has 84 valence electrons. The zero-order valence-corrected chi connectivity index (χ0v) is 9.41. The largest absolute Gasteiger partial charge is 0.508 e. The third-order valence-corrected chi connectivity index (χ3v) is 2.57. The molecule has 0 spiro atoms. The van der Waals surface area contributed by atoms with Crippen molar-refractivity contribution in [3.05, 3.63) is 39.7 Å². The molecule has 0 aliphatic rings. The van der Waals surface area contributed by atoms with Crippen LogP contribution >= 0.6 is 0 Å². The summed E-state index contributed by atoms with van der Waals surface area (Å²) in [5, 5.41) is 10.3. The molecule has 0 bridgehead atoms. The van der Waals surface area contributed by atoms with E-state index in [4.69, 9.17) is 4.42 Å². The first-order chi connectivity index (χ1) is 7.61. The van der Waals surface area contributed by atoms with Crippen molar-refractivity contribution in [2.24, 2.45) is 0 Å². The van der Waals surface area contributed by atoms with Crippen molar-refractivity contribution < 1.29 is 9.52 Å². The van der Waals surface area contributed by atoms with Gasteiger partial charge in [0.2, 0.25) is 0 Å². The number of hydrogen-bond acceptors (Lipinski definition) is 3. The monoisotopic (exact) mass is 218 g/mol. The van der Waals surface area contributed by atoms with Crippen LogP contribution in [-0.4, -0.2) is 5.11 Å². The fraction of sp³-hybridized carbons (Fsp3) is 0.308. The summed E-state index contributed by atoms with van der Waals surface area (Å²) < 4.78 is 5.40. The second kappa shape index (κ2) is 4.00. The van der Waals surface area contributed by atoms with Crippen molar-refractivity contribution in [1.82, 2.24) is 0 Å². The van der Waals surface area contributed by atoms with Crippen molar-refractivity contribution in [2.75, 3.05) is 0 Å². The maximum Gasteiger partial charge on any atom is 0.192 e. The lowest BCUT2D eigenvalue weighted by atomic mass is 10.1. The Hall–Kier alpha value is -1.77. The molecular formula is C13H14O3. The minimum absolute atomic E-state index is 0.0592. The van der Waals surface area contributed by atoms with Crippen molar-refractivity contribution >= 4 is 11.0 Å². The highest BCUT2D eigenvalue weighted by Crippen LogP contribution is 2.24. The summed E-state index contributed by atoms with van der Waals surface area (Å²) in [5.74, 6) is 0.753. The van der Waals surface area contributed by atoms with Crippen molar-refractivity contribution in [3.8, 4) is 5.75 Å². The maximum atomic E-state index is 11.7. The van der Waals surface area contributed by atoms with E-state index >= 15 is 0 Å². The van der Waals surface area contributed by atoms with E-state index in [1.165, 1.54) is 12.1 Å². The number of phenols is 1. The molecule has 2 rings (SSSR count). The van der Waals surface area contributed by atoms with Gasteiger partial charge in [0, 0.05) is 12.1 Å². The minimum atomic E-state index is -0.0592. The van der Waals surface area contributed by atoms with Crippen molar-refractivity contribution in [3.63, 3.8) is 0 Å². The van der Waals surface area contributed by atoms with Crippen molar-refractivity contribution in [2.45, 2.75) is 26.7 Å². The Labute approximate surface area is 93.3 Å². The number of phenolic OH excluding ortho intramolecular Hbond substituents is 1. The Morgan fingerprint density at radius 3 is 2.75 bits per heavy atom. The number of benzene rings is 1. The van der Waals surface area contributed by atoms with Gasteiger partial charge in [-0.2, -0.15) is 0 Å². The topological polar surface area (TPSA) is 50.4 Å². The first-order valence-electron chi connectivity index (χ1n) is 5.38. The lowest BCUT2D eigenvalue weighted by Gasteiger charge is -2.05. The fourth-order valence-corrected chi connectivity index (χ4v) is 1.83. The van der Waals surface area contributed by atoms with Gasteiger partial charge in [-0.25, -0.2) is 0 Å². The Morgan fingerprint density at radius 1 is 1.31 bits per heavy atom. The summed E-state index contributed by atoms with van der Waals surface area (Å²) in [7, 11) is 0. The molecule has 1 heterocycles. The van der Waals surface area contributed by atoms with Crippen LogP contribution in [0.4, 0.5) is 0 Å². The summed E-state index contributed by atoms with van der Waals surface area (Å²) in [6.07, 6.45) is 1.69. The second-order valence-corrected chi connectivity index (χ2v) is 3.95. The van der Waals surface area contributed by atoms with Crippen LogP contribution in [0.1, 0.15) is 24.7 Å². The van der Waals surface area contributed by atoms with Gasteiger partial charge in [0.15, 0.2) is 5.43 Å². The molecule has 0 saturated carbocycles. The average Bonchev–Trinajstić information content (AvgIpc) is 2.20. The highest BCUT2D eigenvalue weighted by Gasteiger charge is 2.08. The zero-order valence-electron chi connectivity index (χ0n) is 9.41. The van der Waals surface area contributed by atoms with Gasteiger partial charge in [0.25, 0.3) is 0 Å². The molecule has 0 fully saturated rings. The van der Waals surface area contributed by atoms with Gasteiger partial charge in [0.1, 0.15) is 17.1 Å². The van der Waals surface area contributed by atoms with Gasteiger partial charge < -0.3 is 9.52 Å². The van der Waals surface area contributed by atoms with Crippen LogP contribution in [0.3, 0.4) is 0 Å². The fourth-order valence-electron chi connectivity index (χ4n) is 1.83. The molecule has 3 heteroatoms. The van der Waals surface area contributed by atoms with E-state index in [0.29, 0.717) is 16.7 Å². The predicted octanol–water partition coefficient (Wildman–Crippen LogP) is 2.76. The normalized spacial score (nSPS) is 10.9. The van der Waals surface area contributed by atoms with E-state index in [1.54, 1.807) is 13.0 Å². The molecule has 0 aliphatic carbocycles. The number of rotatable bonds is 2. The number of fused-ring (bicyclic) bond motifs is 1. The van der Waals surface area contributed by atoms with E-state index in [0.717, 1.165) is 18.4 Å². The molecule has 2 aromatic rings. The van der Waals surface area contributed by atoms with Crippen LogP contribution in [0.15, 0.2) is 27.4 Å². The SMILES string of the molecule is CCCc1cc2c(=O)cc(C)oc2cc1O. The molecule has 1 aromatic heterocycles. The predicted molar refractivity (Wildman–Crippen MR) is 62.9 cm³/mol. The van der Waals surface area contributed by atoms with Crippen molar-refractivity contribution in [1.29, 1.82) is 0 Å². The van der Waals surface area contributed by atoms with E-state index in [1.807, 2.05) is 6.92 Å². The molecular weight excluding hydrogens is 204 g/mol. The molecule has 0 aliphatic heterocycles. The van der Waals surface area contributed by atoms with Gasteiger partial charge in [-0.05, 0) is 25.0 Å². The van der Waals surface area contributed by atoms with Gasteiger partial charge in [0.05, 0.1) is 5.39 Å². The molecule has 0 atom stereocenters. The van der Waals surface area contributed by atoms with Crippen LogP contribution in [0.25, 0.3) is 11.0 Å². The Kier molecular flexibility index (Phi) is 2.69. The van der Waals surface area contributed by atoms with Gasteiger partial charge in [-0.1, -0.05) is 13.3 Å². The molecule has 0 saturated heterocycles. The smallest absolute Gasteiger partial charge is 0.192 e. The standard InChI is InChI=1S/C13H14O3/c1-3-4-9-6-10-12(15)5-8(2)16-13(10)7-11(9)14/h5-7,14H,3-4H2,1-2H3. The third-order valence-electron chi connectivity index (χ3n) is 2.57. The lowest BCUT2D eigenvalue weighted by Crippen LogP contribution is -2.01. The third kappa shape index (κ3) is 1.81. The maximum absolute atomic E-state index is 11.7. The zero-order chi connectivity index (χ0) is 11.7. The summed E-state index contributed by atoms with van der Waals surface area (Å²) in [4.78, 5) is 11.7. The quantitative estimate of drug-likeness (QED) is 0.843. The van der Waals surface area contributed by atoms with Gasteiger partial charge in [-0.15, -0.1) is 0 Å². The number of hydrogen-bond donors (Lipinski definition) is 1. The molecule has 1 N–H and O–H groups in total. The van der Waals surface area contributed by atoms with Crippen LogP contribution < -0.4 is 5.43 Å². The summed E-state index contributed by atoms with van der Waals surface area (Å²) in [6.45, 7) is 3.75. The van der Waals surface area contributed by atoms with E-state index in [9.17, 15) is 9.90 Å². The minimum Gasteiger partial charge on any atom is -0.508 e. The van der Waals surface area contributed by atoms with Gasteiger partial charge in [-0.3, -0.25) is 4.79 Å². The number of aromatic hydroxyl groups is 1. The van der Waals surface area contributed by atoms with E-state index < -0.39 is 0 Å². The Morgan fingerprint density at radius 2 is 2.06 bits per heavy atom. The van der Waals surface area contributed by atoms with Crippen LogP contribution in [-0.2, 0) is 6.42 Å². The molecule has 0 unspecified atom stereocenters. The van der Waals surface area contributed by atoms with Crippen LogP contribution in [0.2, 0.25) is 0 Å². The van der Waals surface area contributed by atoms with Gasteiger partial charge >= 0.3 is 0 Å². The molecule has 0 amide bonds. The van der Waals surface area contributed by atoms with E-state index in [2.05, 4.69) is 0 Å². The lowest BCUT2D eigenvalue weighted by molar-refractivity contribution is 0.465. The summed E-state index contributed by atoms with van der Waals surface area (Å²) in [6, 6.07) is 4.71. The molecule has 16 heavy (non-hydrogen) atoms. The first-order valence-corrected chi connectivity index (χ1v) is 5.38. The summed E-state index contributed by atoms with van der Waals surface area (Å²) >= 11 is 0. The van der Waals surface area contributed by atoms with Crippen LogP contribution in [0, 0.1) is 6.92 Å². The van der Waals surface area contributed by atoms with E-state index in [-0.39, 0.29) is 11.2 Å². The second-order valence-electron chi connectivity index (χ2n) is 3.95. The highest BCUT2D eigenvalue weighted by atomic mass is 16.3. The average molecular weight is 218 g/mol. The Bertz CT molecular complexity index is 581. The first kappa shape index (κ1) is 10.7. The number of aryl methyl sites for hydroxylation is 2. The highest BCUT2D eigenvalue weighted by molar-refractivity contribution is 5.79. The Balaban J connectivity index is 2.74.